The first kappa shape index (κ1) is 15.9. The van der Waals surface area contributed by atoms with Crippen molar-refractivity contribution in [3.63, 3.8) is 0 Å². The van der Waals surface area contributed by atoms with Gasteiger partial charge in [0.25, 0.3) is 5.91 Å². The van der Waals surface area contributed by atoms with Crippen molar-refractivity contribution in [2.75, 3.05) is 19.0 Å². The topological polar surface area (TPSA) is 62.7 Å². The number of nitrogens with one attached hydrogen (secondary N) is 2. The summed E-state index contributed by atoms with van der Waals surface area (Å²) in [5.74, 6) is 0.525. The van der Waals surface area contributed by atoms with Gasteiger partial charge in [0, 0.05) is 10.7 Å². The van der Waals surface area contributed by atoms with E-state index in [1.807, 2.05) is 36.4 Å². The highest BCUT2D eigenvalue weighted by molar-refractivity contribution is 6.30. The third-order valence-electron chi connectivity index (χ3n) is 2.80. The Bertz CT molecular complexity index is 657. The summed E-state index contributed by atoms with van der Waals surface area (Å²) in [7, 11) is 1.61. The summed E-state index contributed by atoms with van der Waals surface area (Å²) in [6.45, 7) is 0.111. The van der Waals surface area contributed by atoms with Crippen molar-refractivity contribution in [1.29, 1.82) is 0 Å². The average molecular weight is 318 g/mol. The molecule has 2 rings (SSSR count). The number of carbonyl (C=O) groups excluding carboxylic acids is 1. The van der Waals surface area contributed by atoms with Crippen LogP contribution in [0.25, 0.3) is 0 Å². The van der Waals surface area contributed by atoms with Crippen molar-refractivity contribution < 1.29 is 9.53 Å². The predicted octanol–water partition coefficient (Wildman–Crippen LogP) is 2.91. The van der Waals surface area contributed by atoms with E-state index >= 15 is 0 Å². The number of methoxy groups -OCH3 is 1. The number of nitrogens with zero attached hydrogens (tertiary/aromatic N) is 1. The zero-order valence-corrected chi connectivity index (χ0v) is 12.8. The van der Waals surface area contributed by atoms with Crippen LogP contribution < -0.4 is 15.5 Å². The van der Waals surface area contributed by atoms with Gasteiger partial charge in [-0.1, -0.05) is 17.7 Å². The number of carbonyl (C=O) groups is 1. The number of hydrogen-bond donors (Lipinski definition) is 2. The molecule has 0 aromatic heterocycles. The van der Waals surface area contributed by atoms with E-state index in [1.54, 1.807) is 25.5 Å². The second-order valence-corrected chi connectivity index (χ2v) is 4.87. The number of rotatable bonds is 6. The molecular weight excluding hydrogens is 302 g/mol. The number of hydrazone groups is 1. The van der Waals surface area contributed by atoms with Gasteiger partial charge in [-0.15, -0.1) is 0 Å². The van der Waals surface area contributed by atoms with Crippen LogP contribution in [0.5, 0.6) is 5.75 Å². The van der Waals surface area contributed by atoms with E-state index in [4.69, 9.17) is 16.3 Å². The molecule has 0 saturated heterocycles. The van der Waals surface area contributed by atoms with Crippen LogP contribution in [-0.4, -0.2) is 25.8 Å². The minimum atomic E-state index is -0.246. The lowest BCUT2D eigenvalue weighted by atomic mass is 10.2. The highest BCUT2D eigenvalue weighted by atomic mass is 35.5. The zero-order valence-electron chi connectivity index (χ0n) is 12.0. The molecule has 0 heterocycles. The lowest BCUT2D eigenvalue weighted by molar-refractivity contribution is -0.119. The van der Waals surface area contributed by atoms with Gasteiger partial charge >= 0.3 is 0 Å². The maximum atomic E-state index is 11.7. The van der Waals surface area contributed by atoms with Crippen molar-refractivity contribution in [3.8, 4) is 5.75 Å². The first-order chi connectivity index (χ1) is 10.7. The van der Waals surface area contributed by atoms with Gasteiger partial charge in [-0.3, -0.25) is 4.79 Å². The third kappa shape index (κ3) is 5.10. The Hall–Kier alpha value is -2.53. The fourth-order valence-electron chi connectivity index (χ4n) is 1.69. The minimum Gasteiger partial charge on any atom is -0.497 e. The van der Waals surface area contributed by atoms with Crippen molar-refractivity contribution >= 4 is 29.4 Å². The summed E-state index contributed by atoms with van der Waals surface area (Å²) in [4.78, 5) is 11.7. The smallest absolute Gasteiger partial charge is 0.259 e. The number of benzene rings is 2. The SMILES string of the molecule is COc1ccc(/C=N\NC(=O)CNc2cccc(Cl)c2)cc1. The van der Waals surface area contributed by atoms with Crippen molar-refractivity contribution in [3.05, 3.63) is 59.1 Å². The first-order valence-corrected chi connectivity index (χ1v) is 7.00. The number of ether oxygens (including phenoxy) is 1. The van der Waals surface area contributed by atoms with Gasteiger partial charge in [0.05, 0.1) is 19.9 Å². The molecule has 114 valence electrons. The molecule has 2 aromatic rings. The molecular formula is C16H16ClN3O2. The summed E-state index contributed by atoms with van der Waals surface area (Å²) in [6, 6.07) is 14.5. The van der Waals surface area contributed by atoms with Gasteiger partial charge in [-0.05, 0) is 48.0 Å². The van der Waals surface area contributed by atoms with Crippen molar-refractivity contribution in [2.45, 2.75) is 0 Å². The third-order valence-corrected chi connectivity index (χ3v) is 3.03. The van der Waals surface area contributed by atoms with Crippen molar-refractivity contribution in [2.24, 2.45) is 5.10 Å². The molecule has 0 spiro atoms. The van der Waals surface area contributed by atoms with Crippen LogP contribution in [0.15, 0.2) is 53.6 Å². The van der Waals surface area contributed by atoms with Gasteiger partial charge in [0.1, 0.15) is 5.75 Å². The van der Waals surface area contributed by atoms with Crippen LogP contribution in [0.3, 0.4) is 0 Å². The first-order valence-electron chi connectivity index (χ1n) is 6.63. The van der Waals surface area contributed by atoms with Crippen LogP contribution in [0, 0.1) is 0 Å². The fourth-order valence-corrected chi connectivity index (χ4v) is 1.88. The van der Waals surface area contributed by atoms with E-state index in [0.717, 1.165) is 17.0 Å². The lowest BCUT2D eigenvalue weighted by Gasteiger charge is -2.05. The average Bonchev–Trinajstić information content (AvgIpc) is 2.54. The van der Waals surface area contributed by atoms with E-state index in [-0.39, 0.29) is 12.5 Å². The molecule has 0 aliphatic heterocycles. The molecule has 0 fully saturated rings. The summed E-state index contributed by atoms with van der Waals surface area (Å²) in [5.41, 5.74) is 4.09. The zero-order chi connectivity index (χ0) is 15.8. The number of anilines is 1. The van der Waals surface area contributed by atoms with Crippen LogP contribution in [0.1, 0.15) is 5.56 Å². The molecule has 6 heteroatoms. The molecule has 2 aromatic carbocycles. The maximum Gasteiger partial charge on any atom is 0.259 e. The summed E-state index contributed by atoms with van der Waals surface area (Å²) < 4.78 is 5.06. The number of hydrogen-bond acceptors (Lipinski definition) is 4. The summed E-state index contributed by atoms with van der Waals surface area (Å²) in [5, 5.41) is 7.47. The second kappa shape index (κ2) is 8.05. The molecule has 0 atom stereocenters. The lowest BCUT2D eigenvalue weighted by Crippen LogP contribution is -2.25. The minimum absolute atomic E-state index is 0.111. The quantitative estimate of drug-likeness (QED) is 0.636. The van der Waals surface area contributed by atoms with Gasteiger partial charge in [-0.2, -0.15) is 5.10 Å². The monoisotopic (exact) mass is 317 g/mol. The van der Waals surface area contributed by atoms with Crippen LogP contribution in [0.2, 0.25) is 5.02 Å². The summed E-state index contributed by atoms with van der Waals surface area (Å²) in [6.07, 6.45) is 1.57. The van der Waals surface area contributed by atoms with E-state index < -0.39 is 0 Å². The Labute approximate surface area is 133 Å². The Balaban J connectivity index is 1.78. The molecule has 2 N–H and O–H groups in total. The van der Waals surface area contributed by atoms with E-state index in [1.165, 1.54) is 0 Å². The van der Waals surface area contributed by atoms with Crippen LogP contribution >= 0.6 is 11.6 Å². The maximum absolute atomic E-state index is 11.7. The van der Waals surface area contributed by atoms with E-state index in [0.29, 0.717) is 5.02 Å². The molecule has 0 radical (unpaired) electrons. The number of halogens is 1. The molecule has 0 saturated carbocycles. The molecule has 0 unspecified atom stereocenters. The normalized spacial score (nSPS) is 10.5. The predicted molar refractivity (Wildman–Crippen MR) is 88.7 cm³/mol. The van der Waals surface area contributed by atoms with E-state index in [2.05, 4.69) is 15.8 Å². The molecule has 1 amide bonds. The molecule has 22 heavy (non-hydrogen) atoms. The Kier molecular flexibility index (Phi) is 5.80. The van der Waals surface area contributed by atoms with Crippen LogP contribution in [-0.2, 0) is 4.79 Å². The number of amides is 1. The highest BCUT2D eigenvalue weighted by Crippen LogP contribution is 2.14. The molecule has 5 nitrogen and oxygen atoms in total. The molecule has 0 aliphatic rings. The van der Waals surface area contributed by atoms with Gasteiger partial charge < -0.3 is 10.1 Å². The fraction of sp³-hybridized carbons (Fsp3) is 0.125. The molecule has 0 bridgehead atoms. The Morgan fingerprint density at radius 2 is 2.05 bits per heavy atom. The van der Waals surface area contributed by atoms with Gasteiger partial charge in [-0.25, -0.2) is 5.43 Å². The molecule has 0 aliphatic carbocycles. The standard InChI is InChI=1S/C16H16ClN3O2/c1-22-15-7-5-12(6-8-15)10-19-20-16(21)11-18-14-4-2-3-13(17)9-14/h2-10,18H,11H2,1H3,(H,20,21)/b19-10-. The van der Waals surface area contributed by atoms with Gasteiger partial charge in [0.2, 0.25) is 0 Å². The van der Waals surface area contributed by atoms with Crippen molar-refractivity contribution in [1.82, 2.24) is 5.43 Å². The Morgan fingerprint density at radius 1 is 1.27 bits per heavy atom. The summed E-state index contributed by atoms with van der Waals surface area (Å²) >= 11 is 5.86. The van der Waals surface area contributed by atoms with Gasteiger partial charge in [0.15, 0.2) is 0 Å². The largest absolute Gasteiger partial charge is 0.497 e. The van der Waals surface area contributed by atoms with E-state index in [9.17, 15) is 4.79 Å². The van der Waals surface area contributed by atoms with Crippen LogP contribution in [0.4, 0.5) is 5.69 Å². The Morgan fingerprint density at radius 3 is 2.73 bits per heavy atom. The highest BCUT2D eigenvalue weighted by Gasteiger charge is 1.99. The second-order valence-electron chi connectivity index (χ2n) is 4.43.